The van der Waals surface area contributed by atoms with Gasteiger partial charge in [0.1, 0.15) is 5.69 Å². The van der Waals surface area contributed by atoms with Crippen LogP contribution in [0.4, 0.5) is 11.4 Å². The van der Waals surface area contributed by atoms with Crippen LogP contribution >= 0.6 is 0 Å². The number of carbonyl (C=O) groups excluding carboxylic acids is 1. The van der Waals surface area contributed by atoms with Gasteiger partial charge in [0.05, 0.1) is 10.5 Å². The first-order valence-corrected chi connectivity index (χ1v) is 7.53. The molecule has 1 aromatic carbocycles. The van der Waals surface area contributed by atoms with Gasteiger partial charge in [-0.05, 0) is 38.8 Å². The lowest BCUT2D eigenvalue weighted by Gasteiger charge is -2.33. The molecule has 3 N–H and O–H groups in total. The van der Waals surface area contributed by atoms with Gasteiger partial charge in [-0.15, -0.1) is 0 Å². The number of hydrogen-bond donors (Lipinski definition) is 3. The second-order valence-electron chi connectivity index (χ2n) is 5.67. The van der Waals surface area contributed by atoms with E-state index in [9.17, 15) is 14.9 Å². The topological polar surface area (TPSA) is 96.3 Å². The summed E-state index contributed by atoms with van der Waals surface area (Å²) in [4.78, 5) is 22.7. The number of hydrogen-bond acceptors (Lipinski definition) is 5. The quantitative estimate of drug-likeness (QED) is 0.422. The summed E-state index contributed by atoms with van der Waals surface area (Å²) < 4.78 is 0. The van der Waals surface area contributed by atoms with Crippen molar-refractivity contribution in [2.75, 3.05) is 25.0 Å². The van der Waals surface area contributed by atoms with E-state index in [1.165, 1.54) is 6.07 Å². The minimum absolute atomic E-state index is 0.0171. The van der Waals surface area contributed by atoms with Crippen molar-refractivity contribution in [3.63, 3.8) is 0 Å². The zero-order chi connectivity index (χ0) is 16.0. The molecule has 1 aliphatic heterocycles. The third kappa shape index (κ3) is 3.94. The minimum Gasteiger partial charge on any atom is -0.378 e. The van der Waals surface area contributed by atoms with Crippen molar-refractivity contribution in [2.24, 2.45) is 0 Å². The van der Waals surface area contributed by atoms with E-state index in [0.29, 0.717) is 18.8 Å². The van der Waals surface area contributed by atoms with E-state index in [-0.39, 0.29) is 11.6 Å². The molecule has 0 aromatic heterocycles. The first-order chi connectivity index (χ1) is 10.5. The summed E-state index contributed by atoms with van der Waals surface area (Å²) >= 11 is 0. The van der Waals surface area contributed by atoms with Crippen LogP contribution in [0.5, 0.6) is 0 Å². The number of nitrogens with zero attached hydrogens (tertiary/aromatic N) is 1. The zero-order valence-corrected chi connectivity index (χ0v) is 12.7. The highest BCUT2D eigenvalue weighted by molar-refractivity contribution is 5.86. The average molecular weight is 306 g/mol. The van der Waals surface area contributed by atoms with Crippen LogP contribution in [-0.2, 0) is 4.79 Å². The Bertz CT molecular complexity index is 541. The molecular formula is C15H22N4O3. The van der Waals surface area contributed by atoms with Gasteiger partial charge in [-0.25, -0.2) is 0 Å². The summed E-state index contributed by atoms with van der Waals surface area (Å²) in [6, 6.07) is 6.47. The number of carbonyl (C=O) groups is 1. The lowest BCUT2D eigenvalue weighted by molar-refractivity contribution is -0.384. The third-order valence-electron chi connectivity index (χ3n) is 3.95. The van der Waals surface area contributed by atoms with E-state index < -0.39 is 10.5 Å². The molecule has 120 valence electrons. The van der Waals surface area contributed by atoms with Crippen molar-refractivity contribution in [3.05, 3.63) is 34.4 Å². The van der Waals surface area contributed by atoms with Gasteiger partial charge in [-0.1, -0.05) is 12.1 Å². The predicted octanol–water partition coefficient (Wildman–Crippen LogP) is 1.66. The zero-order valence-electron chi connectivity index (χ0n) is 12.7. The van der Waals surface area contributed by atoms with Crippen LogP contribution in [0.1, 0.15) is 26.2 Å². The Kier molecular flexibility index (Phi) is 5.32. The number of nitrogens with one attached hydrogen (secondary N) is 3. The van der Waals surface area contributed by atoms with Crippen LogP contribution in [-0.4, -0.2) is 36.0 Å². The second-order valence-corrected chi connectivity index (χ2v) is 5.67. The van der Waals surface area contributed by atoms with Gasteiger partial charge in [-0.3, -0.25) is 14.9 Å². The van der Waals surface area contributed by atoms with Crippen LogP contribution in [0, 0.1) is 10.1 Å². The van der Waals surface area contributed by atoms with Crippen molar-refractivity contribution in [3.8, 4) is 0 Å². The van der Waals surface area contributed by atoms with Crippen LogP contribution in [0.2, 0.25) is 0 Å². The SMILES string of the molecule is CC1(C(=O)NCCNc2ccccc2[N+](=O)[O-])CCCCN1. The van der Waals surface area contributed by atoms with Crippen LogP contribution in [0.25, 0.3) is 0 Å². The smallest absolute Gasteiger partial charge is 0.292 e. The van der Waals surface area contributed by atoms with E-state index in [1.807, 2.05) is 6.92 Å². The van der Waals surface area contributed by atoms with Crippen molar-refractivity contribution >= 4 is 17.3 Å². The fourth-order valence-electron chi connectivity index (χ4n) is 2.60. The maximum Gasteiger partial charge on any atom is 0.292 e. The molecule has 1 amide bonds. The standard InChI is InChI=1S/C15H22N4O3/c1-15(8-4-5-9-18-15)14(20)17-11-10-16-12-6-2-3-7-13(12)19(21)22/h2-3,6-7,16,18H,4-5,8-11H2,1H3,(H,17,20). The molecule has 1 atom stereocenters. The van der Waals surface area contributed by atoms with E-state index in [1.54, 1.807) is 18.2 Å². The van der Waals surface area contributed by atoms with E-state index in [0.717, 1.165) is 25.8 Å². The Balaban J connectivity index is 1.80. The summed E-state index contributed by atoms with van der Waals surface area (Å²) in [5, 5.41) is 20.0. The van der Waals surface area contributed by atoms with E-state index >= 15 is 0 Å². The van der Waals surface area contributed by atoms with Gasteiger partial charge in [0, 0.05) is 19.2 Å². The fourth-order valence-corrected chi connectivity index (χ4v) is 2.60. The molecule has 0 bridgehead atoms. The number of nitro groups is 1. The predicted molar refractivity (Wildman–Crippen MR) is 84.9 cm³/mol. The Labute approximate surface area is 129 Å². The molecule has 1 saturated heterocycles. The van der Waals surface area contributed by atoms with Gasteiger partial charge in [-0.2, -0.15) is 0 Å². The molecule has 7 heteroatoms. The van der Waals surface area contributed by atoms with Crippen molar-refractivity contribution in [1.29, 1.82) is 0 Å². The monoisotopic (exact) mass is 306 g/mol. The minimum atomic E-state index is -0.503. The highest BCUT2D eigenvalue weighted by atomic mass is 16.6. The number of para-hydroxylation sites is 2. The molecule has 1 unspecified atom stereocenters. The molecule has 1 heterocycles. The van der Waals surface area contributed by atoms with Crippen LogP contribution in [0.15, 0.2) is 24.3 Å². The third-order valence-corrected chi connectivity index (χ3v) is 3.95. The highest BCUT2D eigenvalue weighted by Crippen LogP contribution is 2.22. The average Bonchev–Trinajstić information content (AvgIpc) is 2.52. The fraction of sp³-hybridized carbons (Fsp3) is 0.533. The molecule has 2 rings (SSSR count). The maximum atomic E-state index is 12.2. The number of rotatable bonds is 6. The van der Waals surface area contributed by atoms with Gasteiger partial charge in [0.15, 0.2) is 0 Å². The van der Waals surface area contributed by atoms with Crippen molar-refractivity contribution in [1.82, 2.24) is 10.6 Å². The molecule has 0 radical (unpaired) electrons. The number of anilines is 1. The molecule has 22 heavy (non-hydrogen) atoms. The second kappa shape index (κ2) is 7.22. The lowest BCUT2D eigenvalue weighted by Crippen LogP contribution is -2.57. The van der Waals surface area contributed by atoms with Crippen LogP contribution < -0.4 is 16.0 Å². The largest absolute Gasteiger partial charge is 0.378 e. The van der Waals surface area contributed by atoms with Gasteiger partial charge < -0.3 is 16.0 Å². The Morgan fingerprint density at radius 2 is 2.14 bits per heavy atom. The van der Waals surface area contributed by atoms with Gasteiger partial charge in [0.2, 0.25) is 5.91 Å². The van der Waals surface area contributed by atoms with E-state index in [4.69, 9.17) is 0 Å². The lowest BCUT2D eigenvalue weighted by atomic mass is 9.90. The molecular weight excluding hydrogens is 284 g/mol. The first-order valence-electron chi connectivity index (χ1n) is 7.53. The van der Waals surface area contributed by atoms with E-state index in [2.05, 4.69) is 16.0 Å². The molecule has 1 aliphatic rings. The number of amides is 1. The van der Waals surface area contributed by atoms with Crippen molar-refractivity contribution in [2.45, 2.75) is 31.7 Å². The molecule has 0 spiro atoms. The van der Waals surface area contributed by atoms with Gasteiger partial charge in [0.25, 0.3) is 5.69 Å². The molecule has 1 fully saturated rings. The maximum absolute atomic E-state index is 12.2. The highest BCUT2D eigenvalue weighted by Gasteiger charge is 2.33. The summed E-state index contributed by atoms with van der Waals surface area (Å²) in [7, 11) is 0. The summed E-state index contributed by atoms with van der Waals surface area (Å²) in [6.45, 7) is 3.63. The van der Waals surface area contributed by atoms with Gasteiger partial charge >= 0.3 is 0 Å². The molecule has 7 nitrogen and oxygen atoms in total. The number of piperidine rings is 1. The number of benzene rings is 1. The summed E-state index contributed by atoms with van der Waals surface area (Å²) in [5.74, 6) is -0.0171. The summed E-state index contributed by atoms with van der Waals surface area (Å²) in [5.41, 5.74) is -0.00438. The molecule has 0 saturated carbocycles. The Morgan fingerprint density at radius 1 is 1.36 bits per heavy atom. The van der Waals surface area contributed by atoms with Crippen molar-refractivity contribution < 1.29 is 9.72 Å². The Morgan fingerprint density at radius 3 is 2.82 bits per heavy atom. The number of nitro benzene ring substituents is 1. The molecule has 1 aromatic rings. The first kappa shape index (κ1) is 16.2. The molecule has 0 aliphatic carbocycles. The normalized spacial score (nSPS) is 21.1. The van der Waals surface area contributed by atoms with Crippen LogP contribution in [0.3, 0.4) is 0 Å². The summed E-state index contributed by atoms with van der Waals surface area (Å²) in [6.07, 6.45) is 2.98. The Hall–Kier alpha value is -2.15.